The van der Waals surface area contributed by atoms with Crippen molar-refractivity contribution in [1.29, 1.82) is 0 Å². The second-order valence-corrected chi connectivity index (χ2v) is 9.25. The van der Waals surface area contributed by atoms with Crippen LogP contribution in [0.2, 0.25) is 0 Å². The van der Waals surface area contributed by atoms with Gasteiger partial charge in [-0.3, -0.25) is 0 Å². The number of esters is 4. The summed E-state index contributed by atoms with van der Waals surface area (Å²) in [7, 11) is 0. The Hall–Kier alpha value is -5.28. The number of hydrogen-bond acceptors (Lipinski definition) is 9. The first-order chi connectivity index (χ1) is 20.5. The summed E-state index contributed by atoms with van der Waals surface area (Å²) in [6.07, 6.45) is -5.61. The smallest absolute Gasteiger partial charge is 0.340 e. The normalized spacial score (nSPS) is 19.6. The maximum atomic E-state index is 13.2. The average Bonchev–Trinajstić information content (AvgIpc) is 3.05. The van der Waals surface area contributed by atoms with Crippen molar-refractivity contribution in [2.24, 2.45) is 0 Å². The minimum atomic E-state index is -1.50. The van der Waals surface area contributed by atoms with Gasteiger partial charge in [0.15, 0.2) is 12.2 Å². The third-order valence-corrected chi connectivity index (χ3v) is 6.39. The van der Waals surface area contributed by atoms with Crippen LogP contribution in [0.15, 0.2) is 121 Å². The highest BCUT2D eigenvalue weighted by Crippen LogP contribution is 2.28. The third-order valence-electron chi connectivity index (χ3n) is 6.39. The molecular formula is C33H26O9. The molecule has 0 bridgehead atoms. The summed E-state index contributed by atoms with van der Waals surface area (Å²) in [6, 6.07) is 32.6. The summed E-state index contributed by atoms with van der Waals surface area (Å²) in [5.41, 5.74) is 0.885. The van der Waals surface area contributed by atoms with E-state index in [9.17, 15) is 19.2 Å². The van der Waals surface area contributed by atoms with E-state index in [4.69, 9.17) is 23.7 Å². The van der Waals surface area contributed by atoms with Crippen LogP contribution in [-0.4, -0.2) is 55.1 Å². The summed E-state index contributed by atoms with van der Waals surface area (Å²) < 4.78 is 28.7. The molecule has 212 valence electrons. The number of ether oxygens (including phenoxy) is 5. The molecule has 4 atom stereocenters. The highest BCUT2D eigenvalue weighted by Gasteiger charge is 2.50. The molecule has 1 aliphatic rings. The van der Waals surface area contributed by atoms with Crippen molar-refractivity contribution < 1.29 is 42.9 Å². The number of benzene rings is 4. The van der Waals surface area contributed by atoms with Crippen LogP contribution in [0.4, 0.5) is 0 Å². The molecule has 5 rings (SSSR count). The molecule has 4 aromatic rings. The summed E-state index contributed by atoms with van der Waals surface area (Å²) in [6.45, 7) is -0.322. The van der Waals surface area contributed by atoms with Crippen LogP contribution < -0.4 is 0 Å². The van der Waals surface area contributed by atoms with Crippen molar-refractivity contribution in [3.63, 3.8) is 0 Å². The van der Waals surface area contributed by atoms with Gasteiger partial charge in [-0.05, 0) is 48.5 Å². The van der Waals surface area contributed by atoms with Gasteiger partial charge in [-0.15, -0.1) is 0 Å². The Morgan fingerprint density at radius 1 is 0.452 bits per heavy atom. The lowest BCUT2D eigenvalue weighted by atomic mass is 10.0. The first-order valence-corrected chi connectivity index (χ1v) is 13.2. The Kier molecular flexibility index (Phi) is 9.00. The Balaban J connectivity index is 1.48. The zero-order valence-corrected chi connectivity index (χ0v) is 22.2. The monoisotopic (exact) mass is 566 g/mol. The topological polar surface area (TPSA) is 114 Å². The summed E-state index contributed by atoms with van der Waals surface area (Å²) >= 11 is 0. The quantitative estimate of drug-likeness (QED) is 0.218. The van der Waals surface area contributed by atoms with Gasteiger partial charge < -0.3 is 23.7 Å². The van der Waals surface area contributed by atoms with Crippen LogP contribution in [-0.2, 0) is 23.7 Å². The third kappa shape index (κ3) is 6.89. The molecule has 0 radical (unpaired) electrons. The van der Waals surface area contributed by atoms with Crippen LogP contribution in [0.3, 0.4) is 0 Å². The van der Waals surface area contributed by atoms with Crippen molar-refractivity contribution >= 4 is 23.9 Å². The number of carbonyl (C=O) groups is 4. The molecule has 0 spiro atoms. The number of rotatable bonds is 8. The van der Waals surface area contributed by atoms with Gasteiger partial charge in [0.25, 0.3) is 0 Å². The van der Waals surface area contributed by atoms with Gasteiger partial charge in [0.2, 0.25) is 12.4 Å². The van der Waals surface area contributed by atoms with Crippen molar-refractivity contribution in [1.82, 2.24) is 0 Å². The second kappa shape index (κ2) is 13.4. The van der Waals surface area contributed by atoms with E-state index in [1.807, 2.05) is 0 Å². The highest BCUT2D eigenvalue weighted by molar-refractivity contribution is 5.91. The van der Waals surface area contributed by atoms with E-state index in [0.717, 1.165) is 0 Å². The zero-order chi connectivity index (χ0) is 29.3. The SMILES string of the molecule is O=C(O[C@@H]1OC[C@@H](OC(=O)c2ccccc2)[C@H](OC(=O)c2ccccc2)[C@H]1OC(=O)c1ccccc1)c1ccccc1. The lowest BCUT2D eigenvalue weighted by Gasteiger charge is -2.40. The van der Waals surface area contributed by atoms with E-state index >= 15 is 0 Å². The maximum absolute atomic E-state index is 13.2. The van der Waals surface area contributed by atoms with Crippen molar-refractivity contribution in [3.8, 4) is 0 Å². The fraction of sp³-hybridized carbons (Fsp3) is 0.152. The van der Waals surface area contributed by atoms with Crippen LogP contribution in [0.5, 0.6) is 0 Å². The lowest BCUT2D eigenvalue weighted by molar-refractivity contribution is -0.250. The van der Waals surface area contributed by atoms with Gasteiger partial charge in [-0.2, -0.15) is 0 Å². The molecule has 0 saturated carbocycles. The number of hydrogen-bond donors (Lipinski definition) is 0. The second-order valence-electron chi connectivity index (χ2n) is 9.25. The molecule has 1 saturated heterocycles. The van der Waals surface area contributed by atoms with E-state index in [1.54, 1.807) is 109 Å². The average molecular weight is 567 g/mol. The van der Waals surface area contributed by atoms with Crippen molar-refractivity contribution in [2.45, 2.75) is 24.6 Å². The minimum Gasteiger partial charge on any atom is -0.452 e. The summed E-state index contributed by atoms with van der Waals surface area (Å²) in [4.78, 5) is 52.4. The van der Waals surface area contributed by atoms with Gasteiger partial charge in [0, 0.05) is 0 Å². The molecule has 4 aromatic carbocycles. The number of carbonyl (C=O) groups excluding carboxylic acids is 4. The Labute approximate surface area is 241 Å². The van der Waals surface area contributed by atoms with Crippen LogP contribution in [0.1, 0.15) is 41.4 Å². The van der Waals surface area contributed by atoms with E-state index < -0.39 is 48.5 Å². The van der Waals surface area contributed by atoms with E-state index in [1.165, 1.54) is 12.1 Å². The Bertz CT molecular complexity index is 1390. The molecule has 1 fully saturated rings. The molecule has 0 N–H and O–H groups in total. The Morgan fingerprint density at radius 2 is 0.786 bits per heavy atom. The van der Waals surface area contributed by atoms with Gasteiger partial charge in [0.05, 0.1) is 28.9 Å². The van der Waals surface area contributed by atoms with Gasteiger partial charge in [-0.1, -0.05) is 72.8 Å². The molecule has 9 nitrogen and oxygen atoms in total. The van der Waals surface area contributed by atoms with Crippen LogP contribution in [0.25, 0.3) is 0 Å². The Morgan fingerprint density at radius 3 is 1.19 bits per heavy atom. The highest BCUT2D eigenvalue weighted by atomic mass is 16.7. The van der Waals surface area contributed by atoms with Gasteiger partial charge >= 0.3 is 23.9 Å². The van der Waals surface area contributed by atoms with E-state index in [2.05, 4.69) is 0 Å². The molecule has 0 amide bonds. The van der Waals surface area contributed by atoms with Gasteiger partial charge in [0.1, 0.15) is 0 Å². The maximum Gasteiger partial charge on any atom is 0.340 e. The molecular weight excluding hydrogens is 540 g/mol. The first kappa shape index (κ1) is 28.3. The fourth-order valence-corrected chi connectivity index (χ4v) is 4.27. The van der Waals surface area contributed by atoms with Crippen molar-refractivity contribution in [2.75, 3.05) is 6.61 Å². The molecule has 0 unspecified atom stereocenters. The largest absolute Gasteiger partial charge is 0.452 e. The zero-order valence-electron chi connectivity index (χ0n) is 22.2. The molecule has 0 aliphatic carbocycles. The molecule has 9 heteroatoms. The molecule has 1 heterocycles. The lowest BCUT2D eigenvalue weighted by Crippen LogP contribution is -2.58. The summed E-state index contributed by atoms with van der Waals surface area (Å²) in [5.74, 6) is -3.02. The van der Waals surface area contributed by atoms with Crippen LogP contribution in [0, 0.1) is 0 Å². The minimum absolute atomic E-state index is 0.196. The van der Waals surface area contributed by atoms with Gasteiger partial charge in [-0.25, -0.2) is 19.2 Å². The van der Waals surface area contributed by atoms with E-state index in [-0.39, 0.29) is 28.9 Å². The predicted molar refractivity (Wildman–Crippen MR) is 149 cm³/mol. The summed E-state index contributed by atoms with van der Waals surface area (Å²) in [5, 5.41) is 0. The predicted octanol–water partition coefficient (Wildman–Crippen LogP) is 4.88. The molecule has 42 heavy (non-hydrogen) atoms. The van der Waals surface area contributed by atoms with Crippen LogP contribution >= 0.6 is 0 Å². The molecule has 0 aromatic heterocycles. The first-order valence-electron chi connectivity index (χ1n) is 13.2. The molecule has 1 aliphatic heterocycles. The fourth-order valence-electron chi connectivity index (χ4n) is 4.27. The standard InChI is InChI=1S/C33H26O9/c34-29(22-13-5-1-6-14-22)39-26-21-38-33(42-32(37)25-19-11-4-12-20-25)28(41-31(36)24-17-9-3-10-18-24)27(26)40-30(35)23-15-7-2-8-16-23/h1-20,26-28,33H,21H2/t26-,27+,28-,33+/m1/s1. The van der Waals surface area contributed by atoms with E-state index in [0.29, 0.717) is 0 Å². The van der Waals surface area contributed by atoms with Crippen molar-refractivity contribution in [3.05, 3.63) is 144 Å².